The van der Waals surface area contributed by atoms with Gasteiger partial charge in [-0.1, -0.05) is 23.7 Å². The Balaban J connectivity index is 1.80. The van der Waals surface area contributed by atoms with Crippen molar-refractivity contribution in [2.45, 2.75) is 19.9 Å². The summed E-state index contributed by atoms with van der Waals surface area (Å²) >= 11 is 6.17. The van der Waals surface area contributed by atoms with Crippen LogP contribution in [0.25, 0.3) is 5.69 Å². The SMILES string of the molecule is COc1ncccc1-n1nc(C)c2c1[C@H](c1ccc(Cl)cc1)N(c1cc(C)c(=O)n(C)c1)C2=O. The van der Waals surface area contributed by atoms with Crippen LogP contribution in [0, 0.1) is 13.8 Å². The number of pyridine rings is 2. The maximum atomic E-state index is 13.9. The first-order chi connectivity index (χ1) is 16.3. The number of fused-ring (bicyclic) bond motifs is 1. The van der Waals surface area contributed by atoms with Crippen molar-refractivity contribution in [1.82, 2.24) is 19.3 Å². The van der Waals surface area contributed by atoms with Crippen LogP contribution < -0.4 is 15.2 Å². The molecule has 172 valence electrons. The molecule has 1 aromatic carbocycles. The topological polar surface area (TPSA) is 82.2 Å². The lowest BCUT2D eigenvalue weighted by Crippen LogP contribution is -2.32. The standard InChI is InChI=1S/C25H22ClN5O3/c1-14-12-18(13-29(3)24(14)32)30-21(16-7-9-17(26)10-8-16)22-20(25(30)33)15(2)28-31(22)19-6-5-11-27-23(19)34-4/h5-13,21H,1-4H3/t21-/m0/s1. The number of amides is 1. The van der Waals surface area contributed by atoms with Crippen molar-refractivity contribution >= 4 is 23.2 Å². The monoisotopic (exact) mass is 475 g/mol. The number of nitrogens with zero attached hydrogens (tertiary/aromatic N) is 5. The molecule has 34 heavy (non-hydrogen) atoms. The van der Waals surface area contributed by atoms with Crippen LogP contribution in [-0.2, 0) is 7.05 Å². The molecule has 1 aliphatic heterocycles. The van der Waals surface area contributed by atoms with Gasteiger partial charge in [-0.25, -0.2) is 9.67 Å². The van der Waals surface area contributed by atoms with Crippen molar-refractivity contribution in [2.75, 3.05) is 12.0 Å². The molecule has 0 aliphatic carbocycles. The average Bonchev–Trinajstić information content (AvgIpc) is 3.32. The molecule has 3 aromatic heterocycles. The maximum Gasteiger partial charge on any atom is 0.263 e. The first kappa shape index (κ1) is 21.9. The molecule has 4 aromatic rings. The summed E-state index contributed by atoms with van der Waals surface area (Å²) in [5.74, 6) is 0.200. The van der Waals surface area contributed by atoms with E-state index in [4.69, 9.17) is 21.4 Å². The van der Waals surface area contributed by atoms with Gasteiger partial charge in [-0.05, 0) is 49.7 Å². The second-order valence-corrected chi connectivity index (χ2v) is 8.65. The lowest BCUT2D eigenvalue weighted by atomic mass is 10.0. The molecule has 0 unspecified atom stereocenters. The molecule has 4 heterocycles. The molecule has 0 saturated heterocycles. The average molecular weight is 476 g/mol. The summed E-state index contributed by atoms with van der Waals surface area (Å²) in [6, 6.07) is 12.2. The van der Waals surface area contributed by atoms with Gasteiger partial charge in [0.25, 0.3) is 11.5 Å². The number of hydrogen-bond acceptors (Lipinski definition) is 5. The summed E-state index contributed by atoms with van der Waals surface area (Å²) < 4.78 is 8.70. The van der Waals surface area contributed by atoms with E-state index in [1.807, 2.05) is 25.1 Å². The second kappa shape index (κ2) is 8.14. The molecule has 0 fully saturated rings. The molecule has 8 nitrogen and oxygen atoms in total. The maximum absolute atomic E-state index is 13.9. The van der Waals surface area contributed by atoms with Crippen LogP contribution in [0.4, 0.5) is 5.69 Å². The summed E-state index contributed by atoms with van der Waals surface area (Å²) in [6.07, 6.45) is 3.32. The van der Waals surface area contributed by atoms with Crippen molar-refractivity contribution < 1.29 is 9.53 Å². The minimum absolute atomic E-state index is 0.113. The molecule has 0 radical (unpaired) electrons. The van der Waals surface area contributed by atoms with Crippen molar-refractivity contribution in [2.24, 2.45) is 7.05 Å². The normalized spacial score (nSPS) is 15.0. The molecular weight excluding hydrogens is 454 g/mol. The van der Waals surface area contributed by atoms with Crippen molar-refractivity contribution in [3.8, 4) is 11.6 Å². The summed E-state index contributed by atoms with van der Waals surface area (Å²) in [5.41, 5.74) is 4.33. The number of carbonyl (C=O) groups excluding carboxylic acids is 1. The molecule has 0 spiro atoms. The zero-order valence-electron chi connectivity index (χ0n) is 19.1. The van der Waals surface area contributed by atoms with E-state index in [-0.39, 0.29) is 11.5 Å². The highest BCUT2D eigenvalue weighted by Crippen LogP contribution is 2.44. The fourth-order valence-corrected chi connectivity index (χ4v) is 4.64. The lowest BCUT2D eigenvalue weighted by Gasteiger charge is -2.27. The Bertz CT molecular complexity index is 1460. The molecule has 0 bridgehead atoms. The van der Waals surface area contributed by atoms with Gasteiger partial charge in [0.1, 0.15) is 11.7 Å². The summed E-state index contributed by atoms with van der Waals surface area (Å²) in [4.78, 5) is 32.2. The first-order valence-corrected chi connectivity index (χ1v) is 11.0. The Labute approximate surface area is 201 Å². The minimum Gasteiger partial charge on any atom is -0.479 e. The molecule has 0 saturated carbocycles. The van der Waals surface area contributed by atoms with Gasteiger partial charge in [-0.3, -0.25) is 14.5 Å². The van der Waals surface area contributed by atoms with Crippen molar-refractivity contribution in [1.29, 1.82) is 0 Å². The lowest BCUT2D eigenvalue weighted by molar-refractivity contribution is 0.0992. The fraction of sp³-hybridized carbons (Fsp3) is 0.200. The van der Waals surface area contributed by atoms with Gasteiger partial charge in [0, 0.05) is 30.0 Å². The number of aryl methyl sites for hydroxylation is 3. The minimum atomic E-state index is -0.511. The van der Waals surface area contributed by atoms with Crippen LogP contribution in [-0.4, -0.2) is 32.3 Å². The quantitative estimate of drug-likeness (QED) is 0.445. The third-order valence-corrected chi connectivity index (χ3v) is 6.28. The van der Waals surface area contributed by atoms with Crippen molar-refractivity contribution in [3.05, 3.63) is 98.3 Å². The second-order valence-electron chi connectivity index (χ2n) is 8.22. The van der Waals surface area contributed by atoms with E-state index < -0.39 is 6.04 Å². The van der Waals surface area contributed by atoms with E-state index in [1.165, 1.54) is 4.57 Å². The van der Waals surface area contributed by atoms with E-state index >= 15 is 0 Å². The van der Waals surface area contributed by atoms with Crippen LogP contribution >= 0.6 is 11.6 Å². The molecule has 1 atom stereocenters. The van der Waals surface area contributed by atoms with Crippen LogP contribution in [0.2, 0.25) is 5.02 Å². The Hall–Kier alpha value is -3.91. The molecule has 0 N–H and O–H groups in total. The fourth-order valence-electron chi connectivity index (χ4n) is 4.51. The third kappa shape index (κ3) is 3.30. The number of benzene rings is 1. The van der Waals surface area contributed by atoms with E-state index in [1.54, 1.807) is 67.3 Å². The van der Waals surface area contributed by atoms with Gasteiger partial charge >= 0.3 is 0 Å². The van der Waals surface area contributed by atoms with Gasteiger partial charge in [-0.2, -0.15) is 5.10 Å². The summed E-state index contributed by atoms with van der Waals surface area (Å²) in [5, 5.41) is 5.29. The van der Waals surface area contributed by atoms with E-state index in [2.05, 4.69) is 4.98 Å². The highest BCUT2D eigenvalue weighted by atomic mass is 35.5. The predicted molar refractivity (Wildman–Crippen MR) is 129 cm³/mol. The largest absolute Gasteiger partial charge is 0.479 e. The number of carbonyl (C=O) groups is 1. The number of aromatic nitrogens is 4. The zero-order chi connectivity index (χ0) is 24.1. The highest BCUT2D eigenvalue weighted by molar-refractivity contribution is 6.30. The number of halogens is 1. The Morgan fingerprint density at radius 1 is 1.09 bits per heavy atom. The van der Waals surface area contributed by atoms with Crippen LogP contribution in [0.3, 0.4) is 0 Å². The van der Waals surface area contributed by atoms with Gasteiger partial charge in [0.15, 0.2) is 0 Å². The first-order valence-electron chi connectivity index (χ1n) is 10.7. The van der Waals surface area contributed by atoms with Crippen LogP contribution in [0.1, 0.15) is 38.9 Å². The summed E-state index contributed by atoms with van der Waals surface area (Å²) in [6.45, 7) is 3.55. The smallest absolute Gasteiger partial charge is 0.263 e. The van der Waals surface area contributed by atoms with Gasteiger partial charge in [0.05, 0.1) is 29.7 Å². The Kier molecular flexibility index (Phi) is 5.25. The van der Waals surface area contributed by atoms with E-state index in [0.29, 0.717) is 44.8 Å². The molecule has 5 rings (SSSR count). The van der Waals surface area contributed by atoms with E-state index in [0.717, 1.165) is 5.56 Å². The number of methoxy groups -OCH3 is 1. The van der Waals surface area contributed by atoms with Crippen LogP contribution in [0.15, 0.2) is 59.7 Å². The number of hydrogen-bond donors (Lipinski definition) is 0. The molecule has 9 heteroatoms. The number of rotatable bonds is 4. The number of anilines is 1. The summed E-state index contributed by atoms with van der Waals surface area (Å²) in [7, 11) is 3.22. The van der Waals surface area contributed by atoms with Crippen molar-refractivity contribution in [3.63, 3.8) is 0 Å². The predicted octanol–water partition coefficient (Wildman–Crippen LogP) is 3.99. The molecular formula is C25H22ClN5O3. The van der Waals surface area contributed by atoms with E-state index in [9.17, 15) is 9.59 Å². The van der Waals surface area contributed by atoms with Gasteiger partial charge < -0.3 is 9.30 Å². The van der Waals surface area contributed by atoms with Gasteiger partial charge in [0.2, 0.25) is 5.88 Å². The molecule has 1 amide bonds. The Morgan fingerprint density at radius 3 is 2.50 bits per heavy atom. The zero-order valence-corrected chi connectivity index (χ0v) is 19.9. The number of ether oxygens (including phenoxy) is 1. The molecule has 1 aliphatic rings. The Morgan fingerprint density at radius 2 is 1.82 bits per heavy atom. The highest BCUT2D eigenvalue weighted by Gasteiger charge is 2.44. The van der Waals surface area contributed by atoms with Gasteiger partial charge in [-0.15, -0.1) is 0 Å². The third-order valence-electron chi connectivity index (χ3n) is 6.03. The van der Waals surface area contributed by atoms with Crippen LogP contribution in [0.5, 0.6) is 5.88 Å².